The minimum Gasteiger partial charge on any atom is -0.334 e. The summed E-state index contributed by atoms with van der Waals surface area (Å²) < 4.78 is 0. The van der Waals surface area contributed by atoms with E-state index in [4.69, 9.17) is 23.2 Å². The third-order valence-corrected chi connectivity index (χ3v) is 5.04. The summed E-state index contributed by atoms with van der Waals surface area (Å²) in [7, 11) is 0. The Hall–Kier alpha value is -0.150. The quantitative estimate of drug-likeness (QED) is 0.753. The number of nitrogens with one attached hydrogen (secondary N) is 2. The second-order valence-electron chi connectivity index (χ2n) is 5.43. The van der Waals surface area contributed by atoms with E-state index in [-0.39, 0.29) is 28.9 Å². The van der Waals surface area contributed by atoms with Gasteiger partial charge in [0.2, 0.25) is 0 Å². The molecule has 0 unspecified atom stereocenters. The smallest absolute Gasteiger partial charge is 0.315 e. The highest BCUT2D eigenvalue weighted by atomic mass is 35.5. The van der Waals surface area contributed by atoms with Crippen molar-refractivity contribution in [2.45, 2.75) is 74.2 Å². The molecule has 2 fully saturated rings. The number of carbonyl (C=O) groups is 1. The normalized spacial score (nSPS) is 37.0. The first-order valence-corrected chi connectivity index (χ1v) is 7.89. The van der Waals surface area contributed by atoms with Gasteiger partial charge in [-0.15, -0.1) is 23.2 Å². The lowest BCUT2D eigenvalue weighted by atomic mass is 9.94. The highest BCUT2D eigenvalue weighted by molar-refractivity contribution is 6.21. The van der Waals surface area contributed by atoms with Crippen LogP contribution in [0.3, 0.4) is 0 Å². The Balaban J connectivity index is 1.77. The van der Waals surface area contributed by atoms with Gasteiger partial charge in [-0.05, 0) is 25.7 Å². The van der Waals surface area contributed by atoms with E-state index < -0.39 is 0 Å². The molecule has 2 aliphatic rings. The van der Waals surface area contributed by atoms with Gasteiger partial charge < -0.3 is 10.6 Å². The molecule has 2 aliphatic carbocycles. The number of alkyl halides is 2. The molecule has 0 aliphatic heterocycles. The fraction of sp³-hybridized carbons (Fsp3) is 0.923. The van der Waals surface area contributed by atoms with Crippen molar-refractivity contribution < 1.29 is 4.79 Å². The van der Waals surface area contributed by atoms with Crippen molar-refractivity contribution in [1.29, 1.82) is 0 Å². The van der Waals surface area contributed by atoms with Crippen LogP contribution in [0, 0.1) is 0 Å². The Labute approximate surface area is 119 Å². The van der Waals surface area contributed by atoms with Gasteiger partial charge in [-0.1, -0.05) is 25.7 Å². The summed E-state index contributed by atoms with van der Waals surface area (Å²) in [6.07, 6.45) is 8.58. The third-order valence-electron chi connectivity index (χ3n) is 4.00. The number of carbonyl (C=O) groups excluding carboxylic acids is 1. The first-order chi connectivity index (χ1) is 8.66. The zero-order chi connectivity index (χ0) is 13.0. The van der Waals surface area contributed by atoms with Crippen LogP contribution in [-0.4, -0.2) is 28.9 Å². The second-order valence-corrected chi connectivity index (χ2v) is 6.55. The van der Waals surface area contributed by atoms with E-state index in [0.717, 1.165) is 38.5 Å². The van der Waals surface area contributed by atoms with E-state index in [2.05, 4.69) is 10.6 Å². The molecule has 2 N–H and O–H groups in total. The summed E-state index contributed by atoms with van der Waals surface area (Å²) in [4.78, 5) is 11.9. The first-order valence-electron chi connectivity index (χ1n) is 7.02. The minimum absolute atomic E-state index is 0.0719. The molecule has 3 nitrogen and oxygen atoms in total. The maximum Gasteiger partial charge on any atom is 0.315 e. The maximum absolute atomic E-state index is 11.9. The van der Waals surface area contributed by atoms with Crippen molar-refractivity contribution >= 4 is 29.2 Å². The molecule has 2 saturated carbocycles. The number of hydrogen-bond donors (Lipinski definition) is 2. The van der Waals surface area contributed by atoms with Crippen molar-refractivity contribution in [2.75, 3.05) is 0 Å². The summed E-state index contributed by atoms with van der Waals surface area (Å²) in [5.41, 5.74) is 0. The zero-order valence-electron chi connectivity index (χ0n) is 10.6. The van der Waals surface area contributed by atoms with Crippen LogP contribution in [0.4, 0.5) is 4.79 Å². The number of hydrogen-bond acceptors (Lipinski definition) is 1. The van der Waals surface area contributed by atoms with Crippen LogP contribution in [0.15, 0.2) is 0 Å². The minimum atomic E-state index is -0.106. The lowest BCUT2D eigenvalue weighted by Gasteiger charge is -2.31. The number of rotatable bonds is 2. The van der Waals surface area contributed by atoms with Crippen molar-refractivity contribution in [3.05, 3.63) is 0 Å². The van der Waals surface area contributed by atoms with Crippen LogP contribution < -0.4 is 10.6 Å². The van der Waals surface area contributed by atoms with Crippen molar-refractivity contribution in [1.82, 2.24) is 10.6 Å². The van der Waals surface area contributed by atoms with Gasteiger partial charge >= 0.3 is 6.03 Å². The van der Waals surface area contributed by atoms with Crippen LogP contribution in [0.1, 0.15) is 51.4 Å². The maximum atomic E-state index is 11.9. The summed E-state index contributed by atoms with van der Waals surface area (Å²) in [6, 6.07) is 0.112. The Morgan fingerprint density at radius 1 is 0.778 bits per heavy atom. The molecular formula is C13H22Cl2N2O. The van der Waals surface area contributed by atoms with Gasteiger partial charge in [-0.2, -0.15) is 0 Å². The molecule has 0 bridgehead atoms. The molecule has 2 rings (SSSR count). The molecule has 0 aromatic heterocycles. The van der Waals surface area contributed by atoms with Gasteiger partial charge in [0.05, 0.1) is 10.8 Å². The fourth-order valence-corrected chi connectivity index (χ4v) is 3.56. The molecule has 0 spiro atoms. The highest BCUT2D eigenvalue weighted by Crippen LogP contribution is 2.24. The van der Waals surface area contributed by atoms with E-state index in [1.165, 1.54) is 12.8 Å². The number of halogens is 2. The summed E-state index contributed by atoms with van der Waals surface area (Å²) in [5.74, 6) is 0. The molecule has 0 aromatic carbocycles. The molecule has 0 heterocycles. The van der Waals surface area contributed by atoms with Crippen molar-refractivity contribution in [2.24, 2.45) is 0 Å². The lowest BCUT2D eigenvalue weighted by molar-refractivity contribution is 0.225. The molecule has 5 heteroatoms. The van der Waals surface area contributed by atoms with Crippen LogP contribution in [-0.2, 0) is 0 Å². The van der Waals surface area contributed by atoms with E-state index in [1.807, 2.05) is 0 Å². The predicted octanol–water partition coefficient (Wildman–Crippen LogP) is 3.39. The largest absolute Gasteiger partial charge is 0.334 e. The highest BCUT2D eigenvalue weighted by Gasteiger charge is 2.28. The lowest BCUT2D eigenvalue weighted by Crippen LogP contribution is -2.52. The molecule has 0 aromatic rings. The first kappa shape index (κ1) is 14.3. The number of urea groups is 1. The van der Waals surface area contributed by atoms with E-state index in [9.17, 15) is 4.79 Å². The Kier molecular flexibility index (Phi) is 5.43. The standard InChI is InChI=1S/C13H22Cl2N2O/c14-9-5-1-3-7-11(9)16-13(18)17-12-8-4-2-6-10(12)15/h9-12H,1-8H2,(H2,16,17,18)/t9-,10-,11-,12-/m1/s1. The molecular weight excluding hydrogens is 271 g/mol. The average Bonchev–Trinajstić information content (AvgIpc) is 2.35. The molecule has 18 heavy (non-hydrogen) atoms. The Morgan fingerprint density at radius 2 is 1.17 bits per heavy atom. The summed E-state index contributed by atoms with van der Waals surface area (Å²) in [6.45, 7) is 0. The van der Waals surface area contributed by atoms with E-state index in [0.29, 0.717) is 0 Å². The Bertz CT molecular complexity index is 262. The van der Waals surface area contributed by atoms with E-state index >= 15 is 0 Å². The van der Waals surface area contributed by atoms with Gasteiger partial charge in [-0.25, -0.2) is 4.79 Å². The van der Waals surface area contributed by atoms with Gasteiger partial charge in [0, 0.05) is 12.1 Å². The number of amides is 2. The SMILES string of the molecule is O=C(N[C@@H]1CCCC[C@H]1Cl)N[C@@H]1CCCC[C@H]1Cl. The van der Waals surface area contributed by atoms with Gasteiger partial charge in [0.25, 0.3) is 0 Å². The van der Waals surface area contributed by atoms with Crippen LogP contribution >= 0.6 is 23.2 Å². The molecule has 0 saturated heterocycles. The van der Waals surface area contributed by atoms with Gasteiger partial charge in [0.15, 0.2) is 0 Å². The third kappa shape index (κ3) is 3.92. The van der Waals surface area contributed by atoms with Crippen LogP contribution in [0.25, 0.3) is 0 Å². The second kappa shape index (κ2) is 6.85. The zero-order valence-corrected chi connectivity index (χ0v) is 12.1. The predicted molar refractivity (Wildman–Crippen MR) is 75.5 cm³/mol. The summed E-state index contributed by atoms with van der Waals surface area (Å²) in [5, 5.41) is 6.14. The Morgan fingerprint density at radius 3 is 1.56 bits per heavy atom. The van der Waals surface area contributed by atoms with Crippen LogP contribution in [0.5, 0.6) is 0 Å². The van der Waals surface area contributed by atoms with Crippen molar-refractivity contribution in [3.8, 4) is 0 Å². The van der Waals surface area contributed by atoms with Crippen molar-refractivity contribution in [3.63, 3.8) is 0 Å². The summed E-state index contributed by atoms with van der Waals surface area (Å²) >= 11 is 12.5. The van der Waals surface area contributed by atoms with Crippen LogP contribution in [0.2, 0.25) is 0 Å². The monoisotopic (exact) mass is 292 g/mol. The molecule has 104 valence electrons. The van der Waals surface area contributed by atoms with Gasteiger partial charge in [-0.3, -0.25) is 0 Å². The molecule has 0 radical (unpaired) electrons. The molecule has 4 atom stereocenters. The van der Waals surface area contributed by atoms with E-state index in [1.54, 1.807) is 0 Å². The van der Waals surface area contributed by atoms with Gasteiger partial charge in [0.1, 0.15) is 0 Å². The molecule has 2 amide bonds. The topological polar surface area (TPSA) is 41.1 Å². The average molecular weight is 293 g/mol. The fourth-order valence-electron chi connectivity index (χ4n) is 2.87.